The van der Waals surface area contributed by atoms with Gasteiger partial charge in [-0.3, -0.25) is 0 Å². The fraction of sp³-hybridized carbons (Fsp3) is 0.154. The molecule has 0 bridgehead atoms. The van der Waals surface area contributed by atoms with Crippen molar-refractivity contribution < 1.29 is 13.2 Å². The third kappa shape index (κ3) is 2.61. The Bertz CT molecular complexity index is 533. The van der Waals surface area contributed by atoms with Gasteiger partial charge in [0, 0.05) is 12.6 Å². The molecular formula is C13H11F3N2. The van der Waals surface area contributed by atoms with Crippen molar-refractivity contribution in [2.24, 2.45) is 0 Å². The second-order valence-corrected chi connectivity index (χ2v) is 3.73. The van der Waals surface area contributed by atoms with Crippen LogP contribution < -0.4 is 5.32 Å². The summed E-state index contributed by atoms with van der Waals surface area (Å²) in [5, 5.41) is 2.88. The minimum Gasteiger partial charge on any atom is -0.373 e. The summed E-state index contributed by atoms with van der Waals surface area (Å²) in [5.74, 6) is 0.674. The summed E-state index contributed by atoms with van der Waals surface area (Å²) >= 11 is 0. The van der Waals surface area contributed by atoms with E-state index in [-0.39, 0.29) is 0 Å². The average molecular weight is 252 g/mol. The van der Waals surface area contributed by atoms with E-state index in [4.69, 9.17) is 0 Å². The second kappa shape index (κ2) is 4.68. The molecule has 2 nitrogen and oxygen atoms in total. The fourth-order valence-corrected chi connectivity index (χ4v) is 1.56. The van der Waals surface area contributed by atoms with Crippen molar-refractivity contribution in [1.29, 1.82) is 0 Å². The van der Waals surface area contributed by atoms with Gasteiger partial charge in [-0.15, -0.1) is 0 Å². The number of nitrogens with one attached hydrogen (secondary N) is 1. The van der Waals surface area contributed by atoms with Crippen LogP contribution in [0.2, 0.25) is 0 Å². The molecule has 94 valence electrons. The maximum Gasteiger partial charge on any atom is 0.416 e. The molecule has 0 saturated carbocycles. The highest BCUT2D eigenvalue weighted by atomic mass is 19.4. The summed E-state index contributed by atoms with van der Waals surface area (Å²) in [5.41, 5.74) is 0.631. The number of pyridine rings is 1. The molecule has 0 aliphatic heterocycles. The first kappa shape index (κ1) is 12.4. The lowest BCUT2D eigenvalue weighted by Gasteiger charge is -2.08. The van der Waals surface area contributed by atoms with Crippen LogP contribution in [0.15, 0.2) is 42.5 Å². The Morgan fingerprint density at radius 1 is 1.00 bits per heavy atom. The summed E-state index contributed by atoms with van der Waals surface area (Å²) in [6, 6.07) is 10.3. The molecule has 5 heteroatoms. The fourth-order valence-electron chi connectivity index (χ4n) is 1.56. The van der Waals surface area contributed by atoms with Crippen LogP contribution in [0.3, 0.4) is 0 Å². The molecule has 0 unspecified atom stereocenters. The number of halogens is 3. The highest BCUT2D eigenvalue weighted by molar-refractivity contribution is 5.61. The van der Waals surface area contributed by atoms with E-state index in [2.05, 4.69) is 10.3 Å². The van der Waals surface area contributed by atoms with Gasteiger partial charge in [-0.1, -0.05) is 18.2 Å². The molecule has 1 heterocycles. The average Bonchev–Trinajstić information content (AvgIpc) is 2.38. The minimum absolute atomic E-state index is 0.635. The quantitative estimate of drug-likeness (QED) is 0.879. The van der Waals surface area contributed by atoms with Gasteiger partial charge < -0.3 is 5.32 Å². The molecule has 2 aromatic rings. The van der Waals surface area contributed by atoms with Crippen molar-refractivity contribution in [3.63, 3.8) is 0 Å². The highest BCUT2D eigenvalue weighted by Gasteiger charge is 2.29. The first-order valence-electron chi connectivity index (χ1n) is 5.33. The number of benzene rings is 1. The third-order valence-corrected chi connectivity index (χ3v) is 2.51. The zero-order valence-electron chi connectivity index (χ0n) is 9.62. The molecule has 0 aliphatic rings. The lowest BCUT2D eigenvalue weighted by atomic mass is 10.1. The van der Waals surface area contributed by atoms with Crippen LogP contribution in [-0.4, -0.2) is 12.0 Å². The van der Waals surface area contributed by atoms with Gasteiger partial charge in [0.1, 0.15) is 5.82 Å². The molecule has 1 N–H and O–H groups in total. The van der Waals surface area contributed by atoms with Crippen LogP contribution in [0.5, 0.6) is 0 Å². The molecule has 1 aromatic heterocycles. The van der Waals surface area contributed by atoms with E-state index in [1.54, 1.807) is 25.2 Å². The van der Waals surface area contributed by atoms with Gasteiger partial charge in [0.25, 0.3) is 0 Å². The van der Waals surface area contributed by atoms with E-state index >= 15 is 0 Å². The van der Waals surface area contributed by atoms with E-state index in [1.807, 2.05) is 0 Å². The van der Waals surface area contributed by atoms with E-state index in [1.165, 1.54) is 12.1 Å². The van der Waals surface area contributed by atoms with Crippen LogP contribution in [0.1, 0.15) is 5.56 Å². The first-order chi connectivity index (χ1) is 8.50. The molecule has 2 rings (SSSR count). The topological polar surface area (TPSA) is 24.9 Å². The zero-order chi connectivity index (χ0) is 13.2. The molecule has 0 atom stereocenters. The molecule has 0 amide bonds. The number of anilines is 1. The number of alkyl halides is 3. The predicted octanol–water partition coefficient (Wildman–Crippen LogP) is 3.81. The van der Waals surface area contributed by atoms with Crippen molar-refractivity contribution in [2.45, 2.75) is 6.18 Å². The van der Waals surface area contributed by atoms with Gasteiger partial charge in [0.15, 0.2) is 0 Å². The largest absolute Gasteiger partial charge is 0.416 e. The van der Waals surface area contributed by atoms with Crippen molar-refractivity contribution in [2.75, 3.05) is 12.4 Å². The summed E-state index contributed by atoms with van der Waals surface area (Å²) in [4.78, 5) is 4.26. The van der Waals surface area contributed by atoms with Crippen molar-refractivity contribution in [1.82, 2.24) is 4.98 Å². The Kier molecular flexibility index (Phi) is 3.23. The molecule has 18 heavy (non-hydrogen) atoms. The predicted molar refractivity (Wildman–Crippen MR) is 64.2 cm³/mol. The van der Waals surface area contributed by atoms with Gasteiger partial charge in [0.05, 0.1) is 11.3 Å². The number of rotatable bonds is 2. The van der Waals surface area contributed by atoms with Crippen molar-refractivity contribution >= 4 is 5.82 Å². The smallest absolute Gasteiger partial charge is 0.373 e. The Labute approximate surface area is 102 Å². The van der Waals surface area contributed by atoms with Gasteiger partial charge in [-0.25, -0.2) is 4.98 Å². The number of nitrogens with zero attached hydrogens (tertiary/aromatic N) is 1. The summed E-state index contributed by atoms with van der Waals surface area (Å²) in [6.07, 6.45) is -4.31. The SMILES string of the molecule is CNc1cccc(-c2ccc(C(F)(F)F)cc2)n1. The maximum atomic E-state index is 12.4. The van der Waals surface area contributed by atoms with E-state index in [0.717, 1.165) is 12.1 Å². The zero-order valence-corrected chi connectivity index (χ0v) is 9.62. The van der Waals surface area contributed by atoms with Crippen LogP contribution in [-0.2, 0) is 6.18 Å². The Hall–Kier alpha value is -2.04. The molecule has 0 aliphatic carbocycles. The number of aromatic nitrogens is 1. The van der Waals surface area contributed by atoms with Crippen LogP contribution in [0.4, 0.5) is 19.0 Å². The minimum atomic E-state index is -4.31. The molecule has 1 aromatic carbocycles. The lowest BCUT2D eigenvalue weighted by Crippen LogP contribution is -2.04. The van der Waals surface area contributed by atoms with Crippen LogP contribution in [0, 0.1) is 0 Å². The first-order valence-corrected chi connectivity index (χ1v) is 5.33. The van der Waals surface area contributed by atoms with E-state index in [9.17, 15) is 13.2 Å². The number of hydrogen-bond acceptors (Lipinski definition) is 2. The Balaban J connectivity index is 2.34. The van der Waals surface area contributed by atoms with Gasteiger partial charge >= 0.3 is 6.18 Å². The van der Waals surface area contributed by atoms with Gasteiger partial charge in [-0.05, 0) is 24.3 Å². The molecule has 0 spiro atoms. The molecule has 0 saturated heterocycles. The standard InChI is InChI=1S/C13H11F3N2/c1-17-12-4-2-3-11(18-12)9-5-7-10(8-6-9)13(14,15)16/h2-8H,1H3,(H,17,18). The van der Waals surface area contributed by atoms with Gasteiger partial charge in [-0.2, -0.15) is 13.2 Å². The Morgan fingerprint density at radius 3 is 2.22 bits per heavy atom. The number of hydrogen-bond donors (Lipinski definition) is 1. The molecule has 0 fully saturated rings. The van der Waals surface area contributed by atoms with E-state index in [0.29, 0.717) is 17.1 Å². The lowest BCUT2D eigenvalue weighted by molar-refractivity contribution is -0.137. The van der Waals surface area contributed by atoms with Gasteiger partial charge in [0.2, 0.25) is 0 Å². The molecule has 0 radical (unpaired) electrons. The highest BCUT2D eigenvalue weighted by Crippen LogP contribution is 2.30. The van der Waals surface area contributed by atoms with E-state index < -0.39 is 11.7 Å². The van der Waals surface area contributed by atoms with Crippen molar-refractivity contribution in [3.8, 4) is 11.3 Å². The summed E-state index contributed by atoms with van der Waals surface area (Å²) < 4.78 is 37.2. The van der Waals surface area contributed by atoms with Crippen molar-refractivity contribution in [3.05, 3.63) is 48.0 Å². The normalized spacial score (nSPS) is 11.3. The summed E-state index contributed by atoms with van der Waals surface area (Å²) in [7, 11) is 1.73. The van der Waals surface area contributed by atoms with Crippen LogP contribution >= 0.6 is 0 Å². The monoisotopic (exact) mass is 252 g/mol. The summed E-state index contributed by atoms with van der Waals surface area (Å²) in [6.45, 7) is 0. The molecular weight excluding hydrogens is 241 g/mol. The Morgan fingerprint density at radius 2 is 1.67 bits per heavy atom. The second-order valence-electron chi connectivity index (χ2n) is 3.73. The van der Waals surface area contributed by atoms with Crippen LogP contribution in [0.25, 0.3) is 11.3 Å². The maximum absolute atomic E-state index is 12.4. The third-order valence-electron chi connectivity index (χ3n) is 2.51.